The Morgan fingerprint density at radius 1 is 1.12 bits per heavy atom. The van der Waals surface area contributed by atoms with Crippen molar-refractivity contribution in [3.63, 3.8) is 0 Å². The van der Waals surface area contributed by atoms with Gasteiger partial charge in [0.05, 0.1) is 12.5 Å². The van der Waals surface area contributed by atoms with Gasteiger partial charge in [0.25, 0.3) is 0 Å². The fourth-order valence-electron chi connectivity index (χ4n) is 2.10. The number of alkyl carbamates (subject to hydrolysis) is 1. The lowest BCUT2D eigenvalue weighted by molar-refractivity contribution is -0.137. The van der Waals surface area contributed by atoms with Gasteiger partial charge in [-0.15, -0.1) is 0 Å². The highest BCUT2D eigenvalue weighted by Crippen LogP contribution is 2.21. The zero-order valence-corrected chi connectivity index (χ0v) is 12.5. The van der Waals surface area contributed by atoms with E-state index in [1.165, 1.54) is 0 Å². The molecule has 0 bridgehead atoms. The van der Waals surface area contributed by atoms with Crippen molar-refractivity contribution >= 4 is 12.1 Å². The van der Waals surface area contributed by atoms with E-state index in [0.29, 0.717) is 6.07 Å². The second-order valence-electron chi connectivity index (χ2n) is 5.02. The van der Waals surface area contributed by atoms with Crippen molar-refractivity contribution in [1.29, 1.82) is 0 Å². The van der Waals surface area contributed by atoms with E-state index in [1.807, 2.05) is 6.07 Å². The largest absolute Gasteiger partial charge is 0.481 e. The van der Waals surface area contributed by atoms with E-state index in [0.717, 1.165) is 17.7 Å². The van der Waals surface area contributed by atoms with Gasteiger partial charge in [0, 0.05) is 11.6 Å². The summed E-state index contributed by atoms with van der Waals surface area (Å²) in [4.78, 5) is 22.8. The Balaban J connectivity index is 2.05. The van der Waals surface area contributed by atoms with E-state index in [9.17, 15) is 18.4 Å². The first-order valence-corrected chi connectivity index (χ1v) is 7.09. The standard InChI is InChI=1S/C17H15F2NO4/c18-12-6-7-13(14(19)8-12)15(9-16(21)22)20-17(23)24-10-11-4-2-1-3-5-11/h1-8,15H,9-10H2,(H,20,23)(H,21,22). The number of nitrogens with one attached hydrogen (secondary N) is 1. The Bertz CT molecular complexity index is 722. The van der Waals surface area contributed by atoms with Gasteiger partial charge in [-0.25, -0.2) is 13.6 Å². The van der Waals surface area contributed by atoms with Crippen LogP contribution in [-0.4, -0.2) is 17.2 Å². The van der Waals surface area contributed by atoms with Crippen LogP contribution in [0.3, 0.4) is 0 Å². The molecule has 0 aliphatic rings. The Labute approximate surface area is 136 Å². The summed E-state index contributed by atoms with van der Waals surface area (Å²) in [5.41, 5.74) is 0.617. The summed E-state index contributed by atoms with van der Waals surface area (Å²) in [6.07, 6.45) is -1.46. The molecule has 2 rings (SSSR count). The molecule has 0 radical (unpaired) electrons. The van der Waals surface area contributed by atoms with Gasteiger partial charge in [0.15, 0.2) is 0 Å². The van der Waals surface area contributed by atoms with Gasteiger partial charge in [-0.3, -0.25) is 4.79 Å². The van der Waals surface area contributed by atoms with Gasteiger partial charge in [0.1, 0.15) is 18.2 Å². The van der Waals surface area contributed by atoms with E-state index < -0.39 is 36.2 Å². The van der Waals surface area contributed by atoms with Crippen LogP contribution in [0.1, 0.15) is 23.6 Å². The minimum Gasteiger partial charge on any atom is -0.481 e. The molecule has 0 fully saturated rings. The zero-order valence-electron chi connectivity index (χ0n) is 12.5. The molecule has 2 aromatic rings. The number of hydrogen-bond acceptors (Lipinski definition) is 3. The molecule has 0 saturated heterocycles. The first-order valence-electron chi connectivity index (χ1n) is 7.09. The van der Waals surface area contributed by atoms with Crippen LogP contribution in [0.25, 0.3) is 0 Å². The predicted molar refractivity (Wildman–Crippen MR) is 81.1 cm³/mol. The summed E-state index contributed by atoms with van der Waals surface area (Å²) in [6.45, 7) is -0.0155. The third kappa shape index (κ3) is 5.05. The van der Waals surface area contributed by atoms with E-state index in [2.05, 4.69) is 5.32 Å². The molecule has 0 aromatic heterocycles. The number of carboxylic acids is 1. The normalized spacial score (nSPS) is 11.6. The number of halogens is 2. The van der Waals surface area contributed by atoms with Crippen molar-refractivity contribution in [2.45, 2.75) is 19.1 Å². The number of aliphatic carboxylic acids is 1. The van der Waals surface area contributed by atoms with Gasteiger partial charge < -0.3 is 15.2 Å². The van der Waals surface area contributed by atoms with Crippen molar-refractivity contribution in [2.24, 2.45) is 0 Å². The first kappa shape index (κ1) is 17.4. The molecular weight excluding hydrogens is 320 g/mol. The second-order valence-corrected chi connectivity index (χ2v) is 5.02. The van der Waals surface area contributed by atoms with E-state index >= 15 is 0 Å². The van der Waals surface area contributed by atoms with E-state index in [-0.39, 0.29) is 12.2 Å². The number of ether oxygens (including phenoxy) is 1. The fraction of sp³-hybridized carbons (Fsp3) is 0.176. The Hall–Kier alpha value is -2.96. The van der Waals surface area contributed by atoms with Gasteiger partial charge >= 0.3 is 12.1 Å². The first-order chi connectivity index (χ1) is 11.5. The quantitative estimate of drug-likeness (QED) is 0.848. The summed E-state index contributed by atoms with van der Waals surface area (Å²) in [7, 11) is 0. The summed E-state index contributed by atoms with van der Waals surface area (Å²) in [6, 6.07) is 10.4. The lowest BCUT2D eigenvalue weighted by Crippen LogP contribution is -2.31. The summed E-state index contributed by atoms with van der Waals surface area (Å²) in [5, 5.41) is 11.2. The highest BCUT2D eigenvalue weighted by Gasteiger charge is 2.22. The Morgan fingerprint density at radius 3 is 2.46 bits per heavy atom. The molecule has 2 aromatic carbocycles. The minimum absolute atomic E-state index is 0.0155. The molecule has 24 heavy (non-hydrogen) atoms. The SMILES string of the molecule is O=C(O)CC(NC(=O)OCc1ccccc1)c1ccc(F)cc1F. The number of carboxylic acid groups (broad SMARTS) is 1. The molecule has 0 saturated carbocycles. The maximum absolute atomic E-state index is 13.8. The minimum atomic E-state index is -1.24. The van der Waals surface area contributed by atoms with Crippen LogP contribution in [0.15, 0.2) is 48.5 Å². The number of amides is 1. The molecule has 1 amide bonds. The van der Waals surface area contributed by atoms with Crippen LogP contribution < -0.4 is 5.32 Å². The van der Waals surface area contributed by atoms with Crippen LogP contribution in [0.5, 0.6) is 0 Å². The average Bonchev–Trinajstić information content (AvgIpc) is 2.53. The average molecular weight is 335 g/mol. The van der Waals surface area contributed by atoms with Crippen LogP contribution in [-0.2, 0) is 16.1 Å². The smallest absolute Gasteiger partial charge is 0.407 e. The van der Waals surface area contributed by atoms with Gasteiger partial charge in [0.2, 0.25) is 0 Å². The maximum atomic E-state index is 13.8. The van der Waals surface area contributed by atoms with Crippen molar-refractivity contribution in [2.75, 3.05) is 0 Å². The highest BCUT2D eigenvalue weighted by molar-refractivity contribution is 5.72. The highest BCUT2D eigenvalue weighted by atomic mass is 19.1. The van der Waals surface area contributed by atoms with E-state index in [4.69, 9.17) is 9.84 Å². The fourth-order valence-corrected chi connectivity index (χ4v) is 2.10. The van der Waals surface area contributed by atoms with Crippen molar-refractivity contribution in [3.8, 4) is 0 Å². The maximum Gasteiger partial charge on any atom is 0.407 e. The van der Waals surface area contributed by atoms with Crippen LogP contribution >= 0.6 is 0 Å². The number of rotatable bonds is 6. The number of benzene rings is 2. The zero-order chi connectivity index (χ0) is 17.5. The Morgan fingerprint density at radius 2 is 1.83 bits per heavy atom. The molecule has 2 N–H and O–H groups in total. The molecule has 1 unspecified atom stereocenters. The van der Waals surface area contributed by atoms with Crippen molar-refractivity contribution in [1.82, 2.24) is 5.32 Å². The van der Waals surface area contributed by atoms with E-state index in [1.54, 1.807) is 24.3 Å². The molecule has 126 valence electrons. The monoisotopic (exact) mass is 335 g/mol. The number of hydrogen-bond donors (Lipinski definition) is 2. The molecule has 7 heteroatoms. The Kier molecular flexibility index (Phi) is 5.83. The van der Waals surface area contributed by atoms with Gasteiger partial charge in [-0.2, -0.15) is 0 Å². The molecule has 5 nitrogen and oxygen atoms in total. The van der Waals surface area contributed by atoms with Crippen LogP contribution in [0, 0.1) is 11.6 Å². The topological polar surface area (TPSA) is 75.6 Å². The molecule has 0 heterocycles. The summed E-state index contributed by atoms with van der Waals surface area (Å²) in [5.74, 6) is -2.98. The van der Waals surface area contributed by atoms with Gasteiger partial charge in [-0.05, 0) is 11.6 Å². The number of carbonyl (C=O) groups excluding carboxylic acids is 1. The van der Waals surface area contributed by atoms with Crippen LogP contribution in [0.2, 0.25) is 0 Å². The third-order valence-electron chi connectivity index (χ3n) is 3.22. The van der Waals surface area contributed by atoms with Crippen molar-refractivity contribution in [3.05, 3.63) is 71.3 Å². The predicted octanol–water partition coefficient (Wildman–Crippen LogP) is 3.41. The lowest BCUT2D eigenvalue weighted by atomic mass is 10.0. The van der Waals surface area contributed by atoms with Crippen LogP contribution in [0.4, 0.5) is 13.6 Å². The molecule has 1 atom stereocenters. The lowest BCUT2D eigenvalue weighted by Gasteiger charge is -2.18. The number of carbonyl (C=O) groups is 2. The second kappa shape index (κ2) is 8.05. The third-order valence-corrected chi connectivity index (χ3v) is 3.22. The molecule has 0 spiro atoms. The molecular formula is C17H15F2NO4. The van der Waals surface area contributed by atoms with Gasteiger partial charge in [-0.1, -0.05) is 36.4 Å². The van der Waals surface area contributed by atoms with Crippen molar-refractivity contribution < 1.29 is 28.2 Å². The summed E-state index contributed by atoms with van der Waals surface area (Å²) < 4.78 is 31.8. The molecule has 0 aliphatic heterocycles. The summed E-state index contributed by atoms with van der Waals surface area (Å²) >= 11 is 0. The molecule has 0 aliphatic carbocycles.